The van der Waals surface area contributed by atoms with Crippen molar-refractivity contribution in [1.29, 1.82) is 0 Å². The largest absolute Gasteiger partial charge is 0.497 e. The molecular weight excluding hydrogens is 252 g/mol. The van der Waals surface area contributed by atoms with E-state index in [0.29, 0.717) is 6.54 Å². The summed E-state index contributed by atoms with van der Waals surface area (Å²) in [7, 11) is 3.34. The first kappa shape index (κ1) is 14.2. The number of hydrogen-bond donors (Lipinski definition) is 1. The Morgan fingerprint density at radius 2 is 1.85 bits per heavy atom. The van der Waals surface area contributed by atoms with Gasteiger partial charge < -0.3 is 14.8 Å². The standard InChI is InChI=1S/C16H20N2O2/c1-11-7-13(5-6-16(11)20-4)17-10-14-9-15(19-3)8-12(2)18-14/h5-9,17H,10H2,1-4H3. The fraction of sp³-hybridized carbons (Fsp3) is 0.312. The molecular formula is C16H20N2O2. The Labute approximate surface area is 119 Å². The van der Waals surface area contributed by atoms with Crippen LogP contribution in [0.5, 0.6) is 11.5 Å². The summed E-state index contributed by atoms with van der Waals surface area (Å²) in [6.07, 6.45) is 0. The summed E-state index contributed by atoms with van der Waals surface area (Å²) >= 11 is 0. The molecule has 0 saturated carbocycles. The van der Waals surface area contributed by atoms with Crippen molar-refractivity contribution in [3.8, 4) is 11.5 Å². The molecule has 106 valence electrons. The second-order valence-corrected chi connectivity index (χ2v) is 4.68. The summed E-state index contributed by atoms with van der Waals surface area (Å²) in [5.74, 6) is 1.73. The Morgan fingerprint density at radius 3 is 2.50 bits per heavy atom. The Balaban J connectivity index is 2.08. The number of ether oxygens (including phenoxy) is 2. The van der Waals surface area contributed by atoms with Crippen molar-refractivity contribution in [2.24, 2.45) is 0 Å². The molecule has 0 aliphatic heterocycles. The summed E-state index contributed by atoms with van der Waals surface area (Å²) in [6, 6.07) is 9.88. The van der Waals surface area contributed by atoms with Crippen LogP contribution < -0.4 is 14.8 Å². The fourth-order valence-corrected chi connectivity index (χ4v) is 2.09. The maximum atomic E-state index is 5.25. The molecule has 2 aromatic rings. The highest BCUT2D eigenvalue weighted by Crippen LogP contribution is 2.22. The van der Waals surface area contributed by atoms with Crippen LogP contribution in [-0.4, -0.2) is 19.2 Å². The molecule has 0 radical (unpaired) electrons. The zero-order valence-corrected chi connectivity index (χ0v) is 12.4. The van der Waals surface area contributed by atoms with Crippen molar-refractivity contribution >= 4 is 5.69 Å². The molecule has 0 aliphatic carbocycles. The molecule has 0 fully saturated rings. The minimum atomic E-state index is 0.657. The van der Waals surface area contributed by atoms with Gasteiger partial charge >= 0.3 is 0 Å². The molecule has 0 amide bonds. The molecule has 1 N–H and O–H groups in total. The van der Waals surface area contributed by atoms with Crippen molar-refractivity contribution in [3.63, 3.8) is 0 Å². The first-order chi connectivity index (χ1) is 9.62. The monoisotopic (exact) mass is 272 g/mol. The lowest BCUT2D eigenvalue weighted by atomic mass is 10.2. The third-order valence-electron chi connectivity index (χ3n) is 3.08. The van der Waals surface area contributed by atoms with Crippen molar-refractivity contribution in [2.75, 3.05) is 19.5 Å². The SMILES string of the molecule is COc1cc(C)nc(CNc2ccc(OC)c(C)c2)c1. The van der Waals surface area contributed by atoms with Crippen LogP contribution in [0, 0.1) is 13.8 Å². The third-order valence-corrected chi connectivity index (χ3v) is 3.08. The zero-order chi connectivity index (χ0) is 14.5. The number of hydrogen-bond acceptors (Lipinski definition) is 4. The molecule has 1 aromatic carbocycles. The molecule has 1 heterocycles. The van der Waals surface area contributed by atoms with Crippen LogP contribution >= 0.6 is 0 Å². The molecule has 2 rings (SSSR count). The average molecular weight is 272 g/mol. The minimum Gasteiger partial charge on any atom is -0.497 e. The van der Waals surface area contributed by atoms with Gasteiger partial charge in [-0.15, -0.1) is 0 Å². The molecule has 0 aliphatic rings. The lowest BCUT2D eigenvalue weighted by Gasteiger charge is -2.11. The van der Waals surface area contributed by atoms with E-state index in [4.69, 9.17) is 9.47 Å². The highest BCUT2D eigenvalue weighted by Gasteiger charge is 2.03. The number of rotatable bonds is 5. The molecule has 4 heteroatoms. The van der Waals surface area contributed by atoms with Crippen LogP contribution in [-0.2, 0) is 6.54 Å². The molecule has 1 aromatic heterocycles. The van der Waals surface area contributed by atoms with E-state index in [1.54, 1.807) is 14.2 Å². The zero-order valence-electron chi connectivity index (χ0n) is 12.4. The summed E-state index contributed by atoms with van der Waals surface area (Å²) in [5.41, 5.74) is 4.06. The second kappa shape index (κ2) is 6.28. The normalized spacial score (nSPS) is 10.2. The fourth-order valence-electron chi connectivity index (χ4n) is 2.09. The van der Waals surface area contributed by atoms with Crippen LogP contribution in [0.15, 0.2) is 30.3 Å². The van der Waals surface area contributed by atoms with Gasteiger partial charge in [0.15, 0.2) is 0 Å². The van der Waals surface area contributed by atoms with Crippen molar-refractivity contribution < 1.29 is 9.47 Å². The quantitative estimate of drug-likeness (QED) is 0.906. The first-order valence-corrected chi connectivity index (χ1v) is 6.52. The highest BCUT2D eigenvalue weighted by atomic mass is 16.5. The van der Waals surface area contributed by atoms with Gasteiger partial charge in [0.05, 0.1) is 26.5 Å². The number of pyridine rings is 1. The molecule has 0 atom stereocenters. The molecule has 0 saturated heterocycles. The van der Waals surface area contributed by atoms with E-state index in [9.17, 15) is 0 Å². The van der Waals surface area contributed by atoms with Gasteiger partial charge in [-0.3, -0.25) is 4.98 Å². The molecule has 0 spiro atoms. The van der Waals surface area contributed by atoms with Crippen LogP contribution in [0.2, 0.25) is 0 Å². The van der Waals surface area contributed by atoms with Gasteiger partial charge in [0.1, 0.15) is 11.5 Å². The number of aromatic nitrogens is 1. The van der Waals surface area contributed by atoms with Gasteiger partial charge in [0.2, 0.25) is 0 Å². The first-order valence-electron chi connectivity index (χ1n) is 6.52. The van der Waals surface area contributed by atoms with E-state index >= 15 is 0 Å². The predicted octanol–water partition coefficient (Wildman–Crippen LogP) is 3.33. The number of nitrogens with one attached hydrogen (secondary N) is 1. The Hall–Kier alpha value is -2.23. The third kappa shape index (κ3) is 3.41. The van der Waals surface area contributed by atoms with Crippen molar-refractivity contribution in [3.05, 3.63) is 47.3 Å². The molecule has 20 heavy (non-hydrogen) atoms. The molecule has 4 nitrogen and oxygen atoms in total. The predicted molar refractivity (Wildman–Crippen MR) is 80.6 cm³/mol. The molecule has 0 unspecified atom stereocenters. The van der Waals surface area contributed by atoms with Crippen LogP contribution in [0.1, 0.15) is 17.0 Å². The minimum absolute atomic E-state index is 0.657. The second-order valence-electron chi connectivity index (χ2n) is 4.68. The number of methoxy groups -OCH3 is 2. The van der Waals surface area contributed by atoms with Crippen LogP contribution in [0.25, 0.3) is 0 Å². The lowest BCUT2D eigenvalue weighted by Crippen LogP contribution is -2.03. The lowest BCUT2D eigenvalue weighted by molar-refractivity contribution is 0.412. The number of nitrogens with zero attached hydrogens (tertiary/aromatic N) is 1. The van der Waals surface area contributed by atoms with Gasteiger partial charge in [-0.25, -0.2) is 0 Å². The Kier molecular flexibility index (Phi) is 4.45. The van der Waals surface area contributed by atoms with E-state index in [-0.39, 0.29) is 0 Å². The highest BCUT2D eigenvalue weighted by molar-refractivity contribution is 5.51. The van der Waals surface area contributed by atoms with Crippen LogP contribution in [0.3, 0.4) is 0 Å². The summed E-state index contributed by atoms with van der Waals surface area (Å²) in [5, 5.41) is 3.36. The maximum absolute atomic E-state index is 5.25. The van der Waals surface area contributed by atoms with E-state index < -0.39 is 0 Å². The van der Waals surface area contributed by atoms with E-state index in [2.05, 4.69) is 16.4 Å². The van der Waals surface area contributed by atoms with Crippen molar-refractivity contribution in [2.45, 2.75) is 20.4 Å². The Bertz CT molecular complexity index is 597. The summed E-state index contributed by atoms with van der Waals surface area (Å²) < 4.78 is 10.5. The average Bonchev–Trinajstić information content (AvgIpc) is 2.44. The van der Waals surface area contributed by atoms with E-state index in [0.717, 1.165) is 34.1 Å². The van der Waals surface area contributed by atoms with E-state index in [1.165, 1.54) is 0 Å². The van der Waals surface area contributed by atoms with Gasteiger partial charge in [0.25, 0.3) is 0 Å². The maximum Gasteiger partial charge on any atom is 0.122 e. The smallest absolute Gasteiger partial charge is 0.122 e. The van der Waals surface area contributed by atoms with E-state index in [1.807, 2.05) is 38.1 Å². The van der Waals surface area contributed by atoms with Gasteiger partial charge in [0, 0.05) is 23.5 Å². The van der Waals surface area contributed by atoms with Gasteiger partial charge in [-0.1, -0.05) is 0 Å². The Morgan fingerprint density at radius 1 is 1.05 bits per heavy atom. The topological polar surface area (TPSA) is 43.4 Å². The summed E-state index contributed by atoms with van der Waals surface area (Å²) in [4.78, 5) is 4.49. The number of benzene rings is 1. The molecule has 0 bridgehead atoms. The number of anilines is 1. The number of aryl methyl sites for hydroxylation is 2. The van der Waals surface area contributed by atoms with Gasteiger partial charge in [-0.05, 0) is 37.6 Å². The van der Waals surface area contributed by atoms with Crippen LogP contribution in [0.4, 0.5) is 5.69 Å². The van der Waals surface area contributed by atoms with Crippen molar-refractivity contribution in [1.82, 2.24) is 4.98 Å². The van der Waals surface area contributed by atoms with Gasteiger partial charge in [-0.2, -0.15) is 0 Å². The summed E-state index contributed by atoms with van der Waals surface area (Å²) in [6.45, 7) is 4.64.